The van der Waals surface area contributed by atoms with Crippen molar-refractivity contribution in [2.75, 3.05) is 26.7 Å². The Kier molecular flexibility index (Phi) is 4.48. The maximum absolute atomic E-state index is 12.1. The zero-order chi connectivity index (χ0) is 13.2. The van der Waals surface area contributed by atoms with Crippen LogP contribution in [-0.4, -0.2) is 61.8 Å². The van der Waals surface area contributed by atoms with Crippen molar-refractivity contribution in [3.63, 3.8) is 0 Å². The Labute approximate surface area is 102 Å². The van der Waals surface area contributed by atoms with Crippen molar-refractivity contribution < 1.29 is 17.9 Å². The van der Waals surface area contributed by atoms with E-state index in [1.54, 1.807) is 0 Å². The number of hydrogen-bond donors (Lipinski definition) is 1. The fraction of sp³-hybridized carbons (Fsp3) is 0.889. The number of morpholine rings is 1. The van der Waals surface area contributed by atoms with Gasteiger partial charge in [0.05, 0.1) is 18.8 Å². The Morgan fingerprint density at radius 3 is 2.29 bits per heavy atom. The lowest BCUT2D eigenvalue weighted by atomic mass is 10.3. The van der Waals surface area contributed by atoms with Gasteiger partial charge < -0.3 is 10.5 Å². The van der Waals surface area contributed by atoms with Crippen LogP contribution in [0.3, 0.4) is 0 Å². The average Bonchev–Trinajstić information content (AvgIpc) is 2.14. The van der Waals surface area contributed by atoms with Crippen molar-refractivity contribution >= 4 is 16.1 Å². The summed E-state index contributed by atoms with van der Waals surface area (Å²) in [6, 6.07) is 0. The van der Waals surface area contributed by atoms with Crippen molar-refractivity contribution in [1.29, 1.82) is 0 Å². The van der Waals surface area contributed by atoms with E-state index in [1.807, 2.05) is 13.8 Å². The Morgan fingerprint density at radius 2 is 1.88 bits per heavy atom. The fourth-order valence-electron chi connectivity index (χ4n) is 1.82. The summed E-state index contributed by atoms with van der Waals surface area (Å²) >= 11 is 0. The second-order valence-corrected chi connectivity index (χ2v) is 6.34. The first-order valence-electron chi connectivity index (χ1n) is 5.38. The minimum absolute atomic E-state index is 0.157. The number of likely N-dealkylation sites (N-methyl/N-ethyl adjacent to an activating group) is 1. The Hall–Kier alpha value is -0.700. The predicted octanol–water partition coefficient (Wildman–Crippen LogP) is -1.24. The molecule has 0 aromatic heterocycles. The summed E-state index contributed by atoms with van der Waals surface area (Å²) in [5.41, 5.74) is 4.99. The largest absolute Gasteiger partial charge is 0.373 e. The van der Waals surface area contributed by atoms with Crippen LogP contribution in [0.25, 0.3) is 0 Å². The normalized spacial score (nSPS) is 27.3. The Balaban J connectivity index is 2.79. The molecule has 7 nitrogen and oxygen atoms in total. The molecule has 1 saturated heterocycles. The minimum atomic E-state index is -3.64. The molecule has 0 aliphatic carbocycles. The van der Waals surface area contributed by atoms with Gasteiger partial charge in [0.1, 0.15) is 0 Å². The van der Waals surface area contributed by atoms with Gasteiger partial charge in [0, 0.05) is 20.1 Å². The zero-order valence-electron chi connectivity index (χ0n) is 10.3. The van der Waals surface area contributed by atoms with Gasteiger partial charge in [-0.15, -0.1) is 0 Å². The third-order valence-corrected chi connectivity index (χ3v) is 4.35. The van der Waals surface area contributed by atoms with E-state index in [-0.39, 0.29) is 31.8 Å². The highest BCUT2D eigenvalue weighted by atomic mass is 32.2. The van der Waals surface area contributed by atoms with E-state index in [0.29, 0.717) is 0 Å². The maximum Gasteiger partial charge on any atom is 0.282 e. The predicted molar refractivity (Wildman–Crippen MR) is 62.3 cm³/mol. The van der Waals surface area contributed by atoms with Crippen LogP contribution in [0.5, 0.6) is 0 Å². The van der Waals surface area contributed by atoms with Crippen molar-refractivity contribution in [1.82, 2.24) is 8.61 Å². The summed E-state index contributed by atoms with van der Waals surface area (Å²) in [6.45, 7) is 3.88. The number of rotatable bonds is 4. The standard InChI is InChI=1S/C9H19N3O4S/c1-7-4-12(5-8(2)16-7)17(14,15)11(3)6-9(10)13/h7-8H,4-6H2,1-3H3,(H2,10,13)/t7-,8-/m0/s1. The molecule has 1 heterocycles. The van der Waals surface area contributed by atoms with Gasteiger partial charge in [-0.2, -0.15) is 17.0 Å². The average molecular weight is 265 g/mol. The van der Waals surface area contributed by atoms with Gasteiger partial charge in [0.15, 0.2) is 0 Å². The van der Waals surface area contributed by atoms with Crippen LogP contribution >= 0.6 is 0 Å². The number of carbonyl (C=O) groups is 1. The van der Waals surface area contributed by atoms with Gasteiger partial charge in [-0.25, -0.2) is 0 Å². The molecule has 0 aromatic rings. The molecule has 0 bridgehead atoms. The molecule has 0 radical (unpaired) electrons. The second kappa shape index (κ2) is 5.30. The van der Waals surface area contributed by atoms with Gasteiger partial charge in [0.2, 0.25) is 5.91 Å². The van der Waals surface area contributed by atoms with E-state index >= 15 is 0 Å². The first-order chi connectivity index (χ1) is 7.73. The first-order valence-corrected chi connectivity index (χ1v) is 6.78. The van der Waals surface area contributed by atoms with Gasteiger partial charge in [-0.3, -0.25) is 4.79 Å². The van der Waals surface area contributed by atoms with Crippen LogP contribution in [0.4, 0.5) is 0 Å². The van der Waals surface area contributed by atoms with E-state index in [9.17, 15) is 13.2 Å². The summed E-state index contributed by atoms with van der Waals surface area (Å²) in [4.78, 5) is 10.7. The quantitative estimate of drug-likeness (QED) is 0.688. The molecular weight excluding hydrogens is 246 g/mol. The van der Waals surface area contributed by atoms with Crippen molar-refractivity contribution in [3.8, 4) is 0 Å². The summed E-state index contributed by atoms with van der Waals surface area (Å²) < 4.78 is 31.9. The van der Waals surface area contributed by atoms with Crippen LogP contribution in [-0.2, 0) is 19.7 Å². The molecule has 2 atom stereocenters. The fourth-order valence-corrected chi connectivity index (χ4v) is 3.30. The minimum Gasteiger partial charge on any atom is -0.373 e. The van der Waals surface area contributed by atoms with Crippen molar-refractivity contribution in [2.24, 2.45) is 5.73 Å². The van der Waals surface area contributed by atoms with Gasteiger partial charge in [-0.05, 0) is 13.8 Å². The number of nitrogens with two attached hydrogens (primary N) is 1. The molecule has 100 valence electrons. The molecule has 0 unspecified atom stereocenters. The van der Waals surface area contributed by atoms with Crippen LogP contribution in [0.1, 0.15) is 13.8 Å². The molecular formula is C9H19N3O4S. The second-order valence-electron chi connectivity index (χ2n) is 4.30. The molecule has 0 aromatic carbocycles. The highest BCUT2D eigenvalue weighted by Gasteiger charge is 2.34. The monoisotopic (exact) mass is 265 g/mol. The SMILES string of the molecule is C[C@H]1CN(S(=O)(=O)N(C)CC(N)=O)C[C@H](C)O1. The van der Waals surface area contributed by atoms with Gasteiger partial charge >= 0.3 is 0 Å². The molecule has 2 N–H and O–H groups in total. The Morgan fingerprint density at radius 1 is 1.41 bits per heavy atom. The first kappa shape index (κ1) is 14.4. The van der Waals surface area contributed by atoms with E-state index in [1.165, 1.54) is 11.4 Å². The lowest BCUT2D eigenvalue weighted by Gasteiger charge is -2.36. The van der Waals surface area contributed by atoms with Crippen molar-refractivity contribution in [2.45, 2.75) is 26.1 Å². The number of hydrogen-bond acceptors (Lipinski definition) is 4. The van der Waals surface area contributed by atoms with Crippen LogP contribution < -0.4 is 5.73 Å². The van der Waals surface area contributed by atoms with E-state index < -0.39 is 16.1 Å². The van der Waals surface area contributed by atoms with Crippen LogP contribution in [0, 0.1) is 0 Å². The number of primary amides is 1. The highest BCUT2D eigenvalue weighted by Crippen LogP contribution is 2.16. The molecule has 8 heteroatoms. The van der Waals surface area contributed by atoms with Crippen LogP contribution in [0.2, 0.25) is 0 Å². The topological polar surface area (TPSA) is 92.9 Å². The molecule has 17 heavy (non-hydrogen) atoms. The summed E-state index contributed by atoms with van der Waals surface area (Å²) in [6.07, 6.45) is -0.314. The lowest BCUT2D eigenvalue weighted by Crippen LogP contribution is -2.53. The number of amides is 1. The molecule has 1 aliphatic rings. The number of carbonyl (C=O) groups excluding carboxylic acids is 1. The van der Waals surface area contributed by atoms with Gasteiger partial charge in [0.25, 0.3) is 10.2 Å². The van der Waals surface area contributed by atoms with E-state index in [0.717, 1.165) is 4.31 Å². The van der Waals surface area contributed by atoms with Crippen molar-refractivity contribution in [3.05, 3.63) is 0 Å². The maximum atomic E-state index is 12.1. The number of nitrogens with zero attached hydrogens (tertiary/aromatic N) is 2. The number of ether oxygens (including phenoxy) is 1. The summed E-state index contributed by atoms with van der Waals surface area (Å²) in [5, 5.41) is 0. The Bertz CT molecular complexity index is 374. The molecule has 0 spiro atoms. The van der Waals surface area contributed by atoms with Crippen LogP contribution in [0.15, 0.2) is 0 Å². The third kappa shape index (κ3) is 3.63. The summed E-state index contributed by atoms with van der Waals surface area (Å²) in [5.74, 6) is -0.676. The lowest BCUT2D eigenvalue weighted by molar-refractivity contribution is -0.118. The van der Waals surface area contributed by atoms with E-state index in [2.05, 4.69) is 0 Å². The third-order valence-electron chi connectivity index (χ3n) is 2.48. The molecule has 1 fully saturated rings. The smallest absolute Gasteiger partial charge is 0.282 e. The van der Waals surface area contributed by atoms with E-state index in [4.69, 9.17) is 10.5 Å². The highest BCUT2D eigenvalue weighted by molar-refractivity contribution is 7.86. The molecule has 1 rings (SSSR count). The molecule has 1 amide bonds. The molecule has 1 aliphatic heterocycles. The molecule has 0 saturated carbocycles. The summed E-state index contributed by atoms with van der Waals surface area (Å²) in [7, 11) is -2.30. The zero-order valence-corrected chi connectivity index (χ0v) is 11.1. The van der Waals surface area contributed by atoms with Gasteiger partial charge in [-0.1, -0.05) is 0 Å².